The number of rotatable bonds is 5. The molecule has 0 aliphatic carbocycles. The highest BCUT2D eigenvalue weighted by Gasteiger charge is 2.17. The van der Waals surface area contributed by atoms with E-state index >= 15 is 0 Å². The van der Waals surface area contributed by atoms with Crippen molar-refractivity contribution in [3.8, 4) is 0 Å². The van der Waals surface area contributed by atoms with E-state index in [0.717, 1.165) is 6.42 Å². The van der Waals surface area contributed by atoms with Crippen LogP contribution in [0.2, 0.25) is 0 Å². The number of hydrogen-bond acceptors (Lipinski definition) is 2. The summed E-state index contributed by atoms with van der Waals surface area (Å²) in [7, 11) is 0. The molecule has 17 heavy (non-hydrogen) atoms. The van der Waals surface area contributed by atoms with Gasteiger partial charge >= 0.3 is 0 Å². The van der Waals surface area contributed by atoms with Gasteiger partial charge in [0.2, 0.25) is 5.91 Å². The molecule has 0 fully saturated rings. The van der Waals surface area contributed by atoms with E-state index in [1.165, 1.54) is 6.07 Å². The molecule has 2 atom stereocenters. The van der Waals surface area contributed by atoms with Gasteiger partial charge in [0.25, 0.3) is 0 Å². The molecule has 0 aliphatic rings. The molecule has 0 heterocycles. The van der Waals surface area contributed by atoms with Gasteiger partial charge in [0, 0.05) is 5.56 Å². The third kappa shape index (κ3) is 3.82. The van der Waals surface area contributed by atoms with Crippen LogP contribution in [0.3, 0.4) is 0 Å². The zero-order valence-corrected chi connectivity index (χ0v) is 10.2. The normalized spacial score (nSPS) is 14.1. The van der Waals surface area contributed by atoms with Gasteiger partial charge in [-0.05, 0) is 19.4 Å². The summed E-state index contributed by atoms with van der Waals surface area (Å²) in [6.07, 6.45) is 1.48. The second kappa shape index (κ2) is 6.35. The minimum Gasteiger partial charge on any atom is -0.348 e. The van der Waals surface area contributed by atoms with Crippen LogP contribution >= 0.6 is 0 Å². The summed E-state index contributed by atoms with van der Waals surface area (Å²) in [5.41, 5.74) is 6.16. The molecule has 1 unspecified atom stereocenters. The number of halogens is 1. The zero-order chi connectivity index (χ0) is 12.8. The monoisotopic (exact) mass is 238 g/mol. The largest absolute Gasteiger partial charge is 0.348 e. The van der Waals surface area contributed by atoms with Crippen LogP contribution in [-0.2, 0) is 4.79 Å². The summed E-state index contributed by atoms with van der Waals surface area (Å²) >= 11 is 0. The Labute approximate surface area is 101 Å². The number of nitrogens with one attached hydrogen (secondary N) is 1. The summed E-state index contributed by atoms with van der Waals surface area (Å²) in [5.74, 6) is -0.549. The number of hydrogen-bond donors (Lipinski definition) is 2. The van der Waals surface area contributed by atoms with Crippen molar-refractivity contribution in [3.05, 3.63) is 35.6 Å². The second-order valence-corrected chi connectivity index (χ2v) is 4.15. The van der Waals surface area contributed by atoms with Gasteiger partial charge in [-0.15, -0.1) is 0 Å². The lowest BCUT2D eigenvalue weighted by Crippen LogP contribution is -2.41. The molecule has 4 heteroatoms. The quantitative estimate of drug-likeness (QED) is 0.825. The molecular weight excluding hydrogens is 219 g/mol. The van der Waals surface area contributed by atoms with Gasteiger partial charge in [-0.25, -0.2) is 4.39 Å². The fourth-order valence-electron chi connectivity index (χ4n) is 1.67. The molecular formula is C13H19FN2O. The molecule has 94 valence electrons. The van der Waals surface area contributed by atoms with Crippen LogP contribution in [0.25, 0.3) is 0 Å². The van der Waals surface area contributed by atoms with Gasteiger partial charge in [0.15, 0.2) is 0 Å². The van der Waals surface area contributed by atoms with Crippen molar-refractivity contribution in [2.75, 3.05) is 0 Å². The Hall–Kier alpha value is -1.42. The molecule has 0 aliphatic heterocycles. The fourth-order valence-corrected chi connectivity index (χ4v) is 1.67. The third-order valence-corrected chi connectivity index (χ3v) is 2.67. The number of nitrogens with two attached hydrogens (primary N) is 1. The van der Waals surface area contributed by atoms with Crippen molar-refractivity contribution in [1.29, 1.82) is 0 Å². The highest BCUT2D eigenvalue weighted by atomic mass is 19.1. The first-order valence-electron chi connectivity index (χ1n) is 5.86. The van der Waals surface area contributed by atoms with Gasteiger partial charge in [-0.2, -0.15) is 0 Å². The van der Waals surface area contributed by atoms with E-state index < -0.39 is 6.04 Å². The number of benzene rings is 1. The van der Waals surface area contributed by atoms with Crippen LogP contribution in [0.4, 0.5) is 4.39 Å². The van der Waals surface area contributed by atoms with Crippen molar-refractivity contribution in [2.24, 2.45) is 5.73 Å². The van der Waals surface area contributed by atoms with Crippen LogP contribution in [0.1, 0.15) is 38.3 Å². The van der Waals surface area contributed by atoms with E-state index in [2.05, 4.69) is 5.32 Å². The molecule has 0 aromatic heterocycles. The van der Waals surface area contributed by atoms with Gasteiger partial charge in [-0.1, -0.05) is 31.5 Å². The maximum Gasteiger partial charge on any atom is 0.237 e. The molecule has 0 spiro atoms. The molecule has 1 aromatic carbocycles. The Morgan fingerprint density at radius 2 is 2.12 bits per heavy atom. The van der Waals surface area contributed by atoms with Crippen molar-refractivity contribution in [2.45, 2.75) is 38.8 Å². The SMILES string of the molecule is CCC[C@@H](N)C(=O)NC(C)c1ccccc1F. The van der Waals surface area contributed by atoms with Crippen molar-refractivity contribution in [3.63, 3.8) is 0 Å². The maximum absolute atomic E-state index is 13.5. The van der Waals surface area contributed by atoms with E-state index in [1.807, 2.05) is 6.92 Å². The first kappa shape index (κ1) is 13.6. The van der Waals surface area contributed by atoms with Gasteiger partial charge in [0.05, 0.1) is 12.1 Å². The average Bonchev–Trinajstić information content (AvgIpc) is 2.29. The zero-order valence-electron chi connectivity index (χ0n) is 10.2. The minimum absolute atomic E-state index is 0.234. The average molecular weight is 238 g/mol. The Balaban J connectivity index is 2.63. The van der Waals surface area contributed by atoms with E-state index in [9.17, 15) is 9.18 Å². The molecule has 0 bridgehead atoms. The highest BCUT2D eigenvalue weighted by Crippen LogP contribution is 2.16. The molecule has 3 nitrogen and oxygen atoms in total. The molecule has 1 rings (SSSR count). The van der Waals surface area contributed by atoms with E-state index in [-0.39, 0.29) is 17.8 Å². The molecule has 0 saturated carbocycles. The summed E-state index contributed by atoms with van der Waals surface area (Å²) < 4.78 is 13.5. The van der Waals surface area contributed by atoms with Crippen molar-refractivity contribution >= 4 is 5.91 Å². The van der Waals surface area contributed by atoms with Crippen LogP contribution in [0, 0.1) is 5.82 Å². The lowest BCUT2D eigenvalue weighted by Gasteiger charge is -2.18. The van der Waals surface area contributed by atoms with Crippen LogP contribution in [-0.4, -0.2) is 11.9 Å². The van der Waals surface area contributed by atoms with Gasteiger partial charge < -0.3 is 11.1 Å². The molecule has 1 amide bonds. The predicted octanol–water partition coefficient (Wildman–Crippen LogP) is 2.13. The Morgan fingerprint density at radius 3 is 2.71 bits per heavy atom. The summed E-state index contributed by atoms with van der Waals surface area (Å²) in [6, 6.07) is 5.51. The van der Waals surface area contributed by atoms with Crippen LogP contribution in [0.5, 0.6) is 0 Å². The predicted molar refractivity (Wildman–Crippen MR) is 65.8 cm³/mol. The number of amides is 1. The lowest BCUT2D eigenvalue weighted by atomic mass is 10.1. The topological polar surface area (TPSA) is 55.1 Å². The van der Waals surface area contributed by atoms with Crippen LogP contribution in [0.15, 0.2) is 24.3 Å². The fraction of sp³-hybridized carbons (Fsp3) is 0.462. The first-order valence-corrected chi connectivity index (χ1v) is 5.86. The number of carbonyl (C=O) groups excluding carboxylic acids is 1. The lowest BCUT2D eigenvalue weighted by molar-refractivity contribution is -0.123. The summed E-state index contributed by atoms with van der Waals surface area (Å²) in [6.45, 7) is 3.71. The first-order chi connectivity index (χ1) is 8.06. The van der Waals surface area contributed by atoms with E-state index in [0.29, 0.717) is 12.0 Å². The third-order valence-electron chi connectivity index (χ3n) is 2.67. The Bertz CT molecular complexity index is 381. The second-order valence-electron chi connectivity index (χ2n) is 4.15. The van der Waals surface area contributed by atoms with Crippen molar-refractivity contribution in [1.82, 2.24) is 5.32 Å². The standard InChI is InChI=1S/C13H19FN2O/c1-3-6-12(15)13(17)16-9(2)10-7-4-5-8-11(10)14/h4-5,7-9,12H,3,6,15H2,1-2H3,(H,16,17)/t9?,12-/m1/s1. The molecule has 0 saturated heterocycles. The Kier molecular flexibility index (Phi) is 5.10. The smallest absolute Gasteiger partial charge is 0.237 e. The number of carbonyl (C=O) groups is 1. The van der Waals surface area contributed by atoms with Gasteiger partial charge in [0.1, 0.15) is 5.82 Å². The Morgan fingerprint density at radius 1 is 1.47 bits per heavy atom. The summed E-state index contributed by atoms with van der Waals surface area (Å²) in [5, 5.41) is 2.72. The summed E-state index contributed by atoms with van der Waals surface area (Å²) in [4.78, 5) is 11.7. The minimum atomic E-state index is -0.519. The maximum atomic E-state index is 13.5. The van der Waals surface area contributed by atoms with Crippen molar-refractivity contribution < 1.29 is 9.18 Å². The van der Waals surface area contributed by atoms with E-state index in [4.69, 9.17) is 5.73 Å². The van der Waals surface area contributed by atoms with Gasteiger partial charge in [-0.3, -0.25) is 4.79 Å². The molecule has 3 N–H and O–H groups in total. The molecule has 0 radical (unpaired) electrons. The highest BCUT2D eigenvalue weighted by molar-refractivity contribution is 5.81. The van der Waals surface area contributed by atoms with Crippen LogP contribution < -0.4 is 11.1 Å². The van der Waals surface area contributed by atoms with E-state index in [1.54, 1.807) is 25.1 Å². The molecule has 1 aromatic rings.